The molecule has 2 N–H and O–H groups in total. The Morgan fingerprint density at radius 2 is 1.47 bits per heavy atom. The highest BCUT2D eigenvalue weighted by atomic mass is 33.1. The van der Waals surface area contributed by atoms with Gasteiger partial charge in [-0.2, -0.15) is 0 Å². The van der Waals surface area contributed by atoms with Gasteiger partial charge < -0.3 is 29.7 Å². The minimum Gasteiger partial charge on any atom is -0.493 e. The number of hydrogen-bond acceptors (Lipinski definition) is 12. The molecule has 0 radical (unpaired) electrons. The highest BCUT2D eigenvalue weighted by Gasteiger charge is 2.39. The Morgan fingerprint density at radius 1 is 0.795 bits per heavy atom. The lowest BCUT2D eigenvalue weighted by Crippen LogP contribution is -2.40. The molecule has 408 valence electrons. The molecular weight excluding hydrogens is 1020 g/mol. The lowest BCUT2D eigenvalue weighted by molar-refractivity contribution is -0.129. The molecule has 5 aromatic rings. The molecule has 4 heterocycles. The molecule has 78 heavy (non-hydrogen) atoms. The smallest absolute Gasteiger partial charge is 0.261 e. The van der Waals surface area contributed by atoms with Crippen molar-refractivity contribution in [3.8, 4) is 17.2 Å². The van der Waals surface area contributed by atoms with Crippen LogP contribution >= 0.6 is 21.6 Å². The number of aryl methyl sites for hydroxylation is 2. The molecule has 5 aromatic carbocycles. The van der Waals surface area contributed by atoms with Crippen LogP contribution in [0.5, 0.6) is 17.2 Å². The summed E-state index contributed by atoms with van der Waals surface area (Å²) in [4.78, 5) is 88.8. The predicted octanol–water partition coefficient (Wildman–Crippen LogP) is 11.7. The van der Waals surface area contributed by atoms with Crippen molar-refractivity contribution < 1.29 is 43.0 Å². The molecule has 0 unspecified atom stereocenters. The molecule has 4 aliphatic rings. The fraction of sp³-hybridized carbons (Fsp3) is 0.403. The number of hydrogen-bond donors (Lipinski definition) is 2. The first-order chi connectivity index (χ1) is 37.5. The summed E-state index contributed by atoms with van der Waals surface area (Å²) in [5.41, 5.74) is 9.22. The quantitative estimate of drug-likeness (QED) is 0.0471. The van der Waals surface area contributed by atoms with E-state index in [-0.39, 0.29) is 78.1 Å². The number of methoxy groups -OCH3 is 1. The van der Waals surface area contributed by atoms with Gasteiger partial charge in [0, 0.05) is 89.5 Å². The molecule has 4 amide bonds. The van der Waals surface area contributed by atoms with Crippen LogP contribution in [-0.2, 0) is 51.7 Å². The number of nitrogens with one attached hydrogen (secondary N) is 2. The average molecular weight is 1090 g/mol. The van der Waals surface area contributed by atoms with Crippen LogP contribution in [0.3, 0.4) is 0 Å². The van der Waals surface area contributed by atoms with E-state index in [4.69, 9.17) is 19.2 Å². The Morgan fingerprint density at radius 3 is 2.19 bits per heavy atom. The normalized spacial score (nSPS) is 16.8. The van der Waals surface area contributed by atoms with Crippen LogP contribution < -0.4 is 34.6 Å². The molecule has 9 rings (SSSR count). The number of nitrogens with zero attached hydrogens (tertiary/aromatic N) is 3. The van der Waals surface area contributed by atoms with Gasteiger partial charge in [0.15, 0.2) is 17.3 Å². The van der Waals surface area contributed by atoms with Crippen molar-refractivity contribution >= 4 is 85.7 Å². The lowest BCUT2D eigenvalue weighted by atomic mass is 9.99. The number of Topliss-reactive ketones (excluding diaryl/α,β-unsaturated/α-hetero) is 2. The summed E-state index contributed by atoms with van der Waals surface area (Å²) in [6.45, 7) is 11.4. The number of para-hydroxylation sites is 2. The molecule has 0 spiro atoms. The summed E-state index contributed by atoms with van der Waals surface area (Å²) in [7, 11) is 4.96. The maximum absolute atomic E-state index is 14.2. The third-order valence-corrected chi connectivity index (χ3v) is 18.5. The van der Waals surface area contributed by atoms with Gasteiger partial charge in [0.1, 0.15) is 24.7 Å². The number of ketones is 2. The van der Waals surface area contributed by atoms with E-state index in [1.54, 1.807) is 54.7 Å². The molecule has 4 atom stereocenters. The Hall–Kier alpha value is -6.91. The molecule has 0 saturated carbocycles. The highest BCUT2D eigenvalue weighted by molar-refractivity contribution is 8.77. The molecule has 0 aromatic heterocycles. The molecule has 0 bridgehead atoms. The number of ether oxygens (including phenoxy) is 3. The third-order valence-electron chi connectivity index (χ3n) is 15.0. The summed E-state index contributed by atoms with van der Waals surface area (Å²) in [5, 5.41) is 5.86. The van der Waals surface area contributed by atoms with E-state index in [0.717, 1.165) is 53.1 Å². The maximum Gasteiger partial charge on any atom is 0.261 e. The van der Waals surface area contributed by atoms with Crippen molar-refractivity contribution in [2.45, 2.75) is 142 Å². The SMILES string of the molecule is CCC(=O)CCCSSC(C)(C)CCC(=O)N[C@@H](C)C(=O)C[C@@H](C)C(=O)Nc1cc(COc2cc3c(cc2C)C(=O)N2c4ccccc4C[C@H]2C=N3)cc(COc2cc3c(cc2OC)C(=O)N2c4ccccc4C[C@H]2CC3)c1. The van der Waals surface area contributed by atoms with Crippen molar-refractivity contribution in [2.75, 3.05) is 28.0 Å². The van der Waals surface area contributed by atoms with E-state index >= 15 is 0 Å². The average Bonchev–Trinajstić information content (AvgIpc) is 3.99. The van der Waals surface area contributed by atoms with Gasteiger partial charge in [-0.25, -0.2) is 0 Å². The van der Waals surface area contributed by atoms with Gasteiger partial charge in [-0.05, 0) is 142 Å². The summed E-state index contributed by atoms with van der Waals surface area (Å²) in [6.07, 6.45) is 7.54. The standard InChI is InChI=1S/C62H69N5O9S2/c1-8-48(68)16-13-23-77-78-62(5,6)22-21-58(70)64-39(4)54(69)25-38(3)59(71)65-45-27-40(35-75-55-33-51-50(24-37(55)2)61(73)67-47(34-63-51)30-44-15-10-12-18-53(44)67)26-41(28-45)36-76-57-31-42-19-20-46-29-43-14-9-11-17-52(43)66(46)60(72)49(42)32-56(57)74-7/h9-12,14-15,17-18,24,26-28,31-34,38-39,46-47H,8,13,16,19-23,25,29-30,35-36H2,1-7H3,(H,64,70)(H,65,71)/t38-,39+,46-,47+/m1/s1. The number of carbonyl (C=O) groups is 6. The van der Waals surface area contributed by atoms with Crippen molar-refractivity contribution in [3.05, 3.63) is 136 Å². The number of anilines is 3. The monoisotopic (exact) mass is 1090 g/mol. The van der Waals surface area contributed by atoms with Crippen LogP contribution in [-0.4, -0.2) is 77.1 Å². The van der Waals surface area contributed by atoms with Crippen LogP contribution in [0.25, 0.3) is 0 Å². The van der Waals surface area contributed by atoms with Crippen LogP contribution in [0.4, 0.5) is 22.7 Å². The number of amides is 4. The maximum atomic E-state index is 14.2. The molecule has 14 nitrogen and oxygen atoms in total. The van der Waals surface area contributed by atoms with Crippen molar-refractivity contribution in [1.29, 1.82) is 0 Å². The fourth-order valence-electron chi connectivity index (χ4n) is 10.6. The zero-order valence-corrected chi connectivity index (χ0v) is 47.2. The van der Waals surface area contributed by atoms with Crippen LogP contribution in [0.1, 0.15) is 134 Å². The largest absolute Gasteiger partial charge is 0.493 e. The van der Waals surface area contributed by atoms with Gasteiger partial charge in [-0.1, -0.05) is 71.8 Å². The first-order valence-corrected chi connectivity index (χ1v) is 29.4. The van der Waals surface area contributed by atoms with E-state index in [1.807, 2.05) is 103 Å². The minimum absolute atomic E-state index is 0.0604. The second kappa shape index (κ2) is 24.4. The van der Waals surface area contributed by atoms with Crippen LogP contribution in [0, 0.1) is 12.8 Å². The summed E-state index contributed by atoms with van der Waals surface area (Å²) >= 11 is 0. The van der Waals surface area contributed by atoms with E-state index in [9.17, 15) is 28.8 Å². The first kappa shape index (κ1) is 55.8. The molecule has 0 aliphatic carbocycles. The van der Waals surface area contributed by atoms with Crippen molar-refractivity contribution in [2.24, 2.45) is 10.9 Å². The summed E-state index contributed by atoms with van der Waals surface area (Å²) < 4.78 is 18.7. The second-order valence-electron chi connectivity index (χ2n) is 21.5. The topological polar surface area (TPSA) is 173 Å². The molecule has 4 aliphatic heterocycles. The predicted molar refractivity (Wildman–Crippen MR) is 310 cm³/mol. The van der Waals surface area contributed by atoms with E-state index in [2.05, 4.69) is 30.5 Å². The molecular formula is C62H69N5O9S2. The number of aliphatic imine (C=N–C) groups is 1. The number of carbonyl (C=O) groups excluding carboxylic acids is 6. The first-order valence-electron chi connectivity index (χ1n) is 27.1. The third kappa shape index (κ3) is 12.8. The van der Waals surface area contributed by atoms with Gasteiger partial charge in [-0.3, -0.25) is 38.7 Å². The van der Waals surface area contributed by atoms with Gasteiger partial charge in [0.2, 0.25) is 11.8 Å². The lowest BCUT2D eigenvalue weighted by Gasteiger charge is -2.23. The fourth-order valence-corrected chi connectivity index (χ4v) is 13.3. The van der Waals surface area contributed by atoms with Gasteiger partial charge in [0.25, 0.3) is 11.8 Å². The minimum atomic E-state index is -0.788. The van der Waals surface area contributed by atoms with E-state index in [0.29, 0.717) is 83.0 Å². The molecule has 0 saturated heterocycles. The van der Waals surface area contributed by atoms with Gasteiger partial charge in [-0.15, -0.1) is 0 Å². The molecule has 16 heteroatoms. The number of fused-ring (bicyclic) bond motifs is 8. The van der Waals surface area contributed by atoms with Crippen molar-refractivity contribution in [3.63, 3.8) is 0 Å². The summed E-state index contributed by atoms with van der Waals surface area (Å²) in [6, 6.07) is 27.9. The van der Waals surface area contributed by atoms with Gasteiger partial charge >= 0.3 is 0 Å². The number of rotatable bonds is 23. The van der Waals surface area contributed by atoms with Gasteiger partial charge in [0.05, 0.1) is 30.4 Å². The Balaban J connectivity index is 0.883. The Labute approximate surface area is 465 Å². The zero-order valence-electron chi connectivity index (χ0n) is 45.6. The second-order valence-corrected chi connectivity index (χ2v) is 24.6. The highest BCUT2D eigenvalue weighted by Crippen LogP contribution is 2.43. The Kier molecular flexibility index (Phi) is 17.5. The van der Waals surface area contributed by atoms with Crippen LogP contribution in [0.2, 0.25) is 0 Å². The molecule has 0 fully saturated rings. The van der Waals surface area contributed by atoms with E-state index < -0.39 is 12.0 Å². The Bertz CT molecular complexity index is 3170. The summed E-state index contributed by atoms with van der Waals surface area (Å²) in [5.74, 6) is 0.779. The van der Waals surface area contributed by atoms with Crippen LogP contribution in [0.15, 0.2) is 96.0 Å². The van der Waals surface area contributed by atoms with Crippen molar-refractivity contribution in [1.82, 2.24) is 5.32 Å². The number of benzene rings is 5. The van der Waals surface area contributed by atoms with E-state index in [1.165, 1.54) is 5.56 Å². The zero-order chi connectivity index (χ0) is 55.3.